The van der Waals surface area contributed by atoms with Crippen LogP contribution in [0.5, 0.6) is 0 Å². The summed E-state index contributed by atoms with van der Waals surface area (Å²) in [7, 11) is 0. The Kier molecular flexibility index (Phi) is 5.61. The number of nitrogens with zero attached hydrogens (tertiary/aromatic N) is 2. The highest BCUT2D eigenvalue weighted by molar-refractivity contribution is 5.80. The summed E-state index contributed by atoms with van der Waals surface area (Å²) >= 11 is 0. The zero-order valence-electron chi connectivity index (χ0n) is 14.9. The van der Waals surface area contributed by atoms with Crippen LogP contribution in [0, 0.1) is 5.41 Å². The van der Waals surface area contributed by atoms with E-state index < -0.39 is 0 Å². The van der Waals surface area contributed by atoms with E-state index in [9.17, 15) is 0 Å². The lowest BCUT2D eigenvalue weighted by atomic mass is 9.89. The van der Waals surface area contributed by atoms with Crippen molar-refractivity contribution in [2.24, 2.45) is 10.4 Å². The Morgan fingerprint density at radius 3 is 2.79 bits per heavy atom. The lowest BCUT2D eigenvalue weighted by Gasteiger charge is -2.37. The van der Waals surface area contributed by atoms with E-state index >= 15 is 0 Å². The lowest BCUT2D eigenvalue weighted by Crippen LogP contribution is -2.52. The minimum atomic E-state index is 0.213. The second-order valence-corrected chi connectivity index (χ2v) is 7.26. The van der Waals surface area contributed by atoms with E-state index in [1.165, 1.54) is 18.5 Å². The van der Waals surface area contributed by atoms with Gasteiger partial charge in [-0.15, -0.1) is 0 Å². The molecular formula is C19H30N4O. The summed E-state index contributed by atoms with van der Waals surface area (Å²) in [5, 5.41) is 7.02. The van der Waals surface area contributed by atoms with Crippen LogP contribution in [0.1, 0.15) is 26.7 Å². The number of rotatable bonds is 5. The third kappa shape index (κ3) is 4.41. The van der Waals surface area contributed by atoms with Gasteiger partial charge < -0.3 is 20.3 Å². The molecule has 2 heterocycles. The molecule has 5 nitrogen and oxygen atoms in total. The van der Waals surface area contributed by atoms with E-state index in [0.717, 1.165) is 45.4 Å². The molecule has 1 unspecified atom stereocenters. The fourth-order valence-corrected chi connectivity index (χ4v) is 3.29. The Morgan fingerprint density at radius 1 is 1.33 bits per heavy atom. The highest BCUT2D eigenvalue weighted by Crippen LogP contribution is 2.26. The molecule has 2 aliphatic heterocycles. The predicted molar refractivity (Wildman–Crippen MR) is 99.7 cm³/mol. The fraction of sp³-hybridized carbons (Fsp3) is 0.632. The SMILES string of the molecule is CCNC(=NCC1(C)COC1)NC1CCCN(c2ccccc2)C1. The molecule has 0 spiro atoms. The standard InChI is InChI=1S/C19H30N4O/c1-3-20-18(21-13-19(2)14-24-15-19)22-16-8-7-11-23(12-16)17-9-5-4-6-10-17/h4-6,9-10,16H,3,7-8,11-15H2,1-2H3,(H2,20,21,22). The lowest BCUT2D eigenvalue weighted by molar-refractivity contribution is -0.0945. The maximum Gasteiger partial charge on any atom is 0.191 e. The van der Waals surface area contributed by atoms with Crippen molar-refractivity contribution in [3.05, 3.63) is 30.3 Å². The van der Waals surface area contributed by atoms with Crippen molar-refractivity contribution in [2.75, 3.05) is 44.3 Å². The first-order valence-electron chi connectivity index (χ1n) is 9.11. The topological polar surface area (TPSA) is 48.9 Å². The first-order chi connectivity index (χ1) is 11.7. The normalized spacial score (nSPS) is 23.5. The number of piperidine rings is 1. The second-order valence-electron chi connectivity index (χ2n) is 7.26. The van der Waals surface area contributed by atoms with Gasteiger partial charge in [-0.25, -0.2) is 0 Å². The number of hydrogen-bond acceptors (Lipinski definition) is 3. The van der Waals surface area contributed by atoms with Gasteiger partial charge in [0.1, 0.15) is 0 Å². The van der Waals surface area contributed by atoms with E-state index in [-0.39, 0.29) is 5.41 Å². The molecule has 5 heteroatoms. The zero-order valence-corrected chi connectivity index (χ0v) is 14.9. The summed E-state index contributed by atoms with van der Waals surface area (Å²) in [6, 6.07) is 11.1. The molecule has 1 aromatic carbocycles. The predicted octanol–water partition coefficient (Wildman–Crippen LogP) is 2.25. The monoisotopic (exact) mass is 330 g/mol. The average Bonchev–Trinajstić information content (AvgIpc) is 2.59. The fourth-order valence-electron chi connectivity index (χ4n) is 3.29. The van der Waals surface area contributed by atoms with E-state index in [1.807, 2.05) is 0 Å². The Bertz CT molecular complexity index is 542. The molecule has 2 saturated heterocycles. The van der Waals surface area contributed by atoms with Crippen molar-refractivity contribution >= 4 is 11.6 Å². The average molecular weight is 330 g/mol. The summed E-state index contributed by atoms with van der Waals surface area (Å²) in [6.45, 7) is 9.85. The quantitative estimate of drug-likeness (QED) is 0.642. The molecule has 2 fully saturated rings. The van der Waals surface area contributed by atoms with Gasteiger partial charge in [-0.05, 0) is 31.9 Å². The Labute approximate surface area is 145 Å². The highest BCUT2D eigenvalue weighted by Gasteiger charge is 2.33. The largest absolute Gasteiger partial charge is 0.380 e. The number of anilines is 1. The van der Waals surface area contributed by atoms with Crippen molar-refractivity contribution in [3.63, 3.8) is 0 Å². The van der Waals surface area contributed by atoms with E-state index in [4.69, 9.17) is 9.73 Å². The van der Waals surface area contributed by atoms with Gasteiger partial charge in [0.15, 0.2) is 5.96 Å². The third-order valence-corrected chi connectivity index (χ3v) is 4.75. The van der Waals surface area contributed by atoms with Crippen LogP contribution in [0.3, 0.4) is 0 Å². The molecule has 2 aliphatic rings. The number of guanidine groups is 1. The van der Waals surface area contributed by atoms with Crippen LogP contribution in [-0.2, 0) is 4.74 Å². The molecule has 0 aliphatic carbocycles. The minimum absolute atomic E-state index is 0.213. The second kappa shape index (κ2) is 7.88. The maximum absolute atomic E-state index is 5.33. The molecule has 0 bridgehead atoms. The highest BCUT2D eigenvalue weighted by atomic mass is 16.5. The Hall–Kier alpha value is -1.75. The minimum Gasteiger partial charge on any atom is -0.380 e. The van der Waals surface area contributed by atoms with Crippen LogP contribution < -0.4 is 15.5 Å². The first-order valence-corrected chi connectivity index (χ1v) is 9.11. The maximum atomic E-state index is 5.33. The van der Waals surface area contributed by atoms with E-state index in [1.54, 1.807) is 0 Å². The molecule has 24 heavy (non-hydrogen) atoms. The molecule has 3 rings (SSSR count). The molecule has 2 N–H and O–H groups in total. The molecule has 1 atom stereocenters. The molecule has 1 aromatic rings. The van der Waals surface area contributed by atoms with Crippen molar-refractivity contribution in [1.29, 1.82) is 0 Å². The summed E-state index contributed by atoms with van der Waals surface area (Å²) in [6.07, 6.45) is 2.39. The number of benzene rings is 1. The van der Waals surface area contributed by atoms with Crippen molar-refractivity contribution in [3.8, 4) is 0 Å². The van der Waals surface area contributed by atoms with Crippen molar-refractivity contribution in [1.82, 2.24) is 10.6 Å². The van der Waals surface area contributed by atoms with Gasteiger partial charge in [0.2, 0.25) is 0 Å². The van der Waals surface area contributed by atoms with Crippen molar-refractivity contribution in [2.45, 2.75) is 32.7 Å². The molecule has 0 saturated carbocycles. The first kappa shape index (κ1) is 17.1. The van der Waals surface area contributed by atoms with Gasteiger partial charge in [-0.3, -0.25) is 4.99 Å². The van der Waals surface area contributed by atoms with Gasteiger partial charge in [0.05, 0.1) is 19.8 Å². The number of aliphatic imine (C=N–C) groups is 1. The van der Waals surface area contributed by atoms with Gasteiger partial charge >= 0.3 is 0 Å². The van der Waals surface area contributed by atoms with Crippen LogP contribution in [0.15, 0.2) is 35.3 Å². The van der Waals surface area contributed by atoms with Gasteiger partial charge in [-0.2, -0.15) is 0 Å². The van der Waals surface area contributed by atoms with Gasteiger partial charge in [-0.1, -0.05) is 25.1 Å². The van der Waals surface area contributed by atoms with Crippen LogP contribution in [-0.4, -0.2) is 51.4 Å². The molecule has 0 amide bonds. The third-order valence-electron chi connectivity index (χ3n) is 4.75. The summed E-state index contributed by atoms with van der Waals surface area (Å²) in [5.41, 5.74) is 1.52. The number of ether oxygens (including phenoxy) is 1. The Morgan fingerprint density at radius 2 is 2.12 bits per heavy atom. The number of para-hydroxylation sites is 1. The number of hydrogen-bond donors (Lipinski definition) is 2. The van der Waals surface area contributed by atoms with Crippen LogP contribution in [0.2, 0.25) is 0 Å². The van der Waals surface area contributed by atoms with Crippen LogP contribution in [0.25, 0.3) is 0 Å². The summed E-state index contributed by atoms with van der Waals surface area (Å²) in [5.74, 6) is 0.936. The van der Waals surface area contributed by atoms with E-state index in [2.05, 4.69) is 59.7 Å². The molecular weight excluding hydrogens is 300 g/mol. The Balaban J connectivity index is 1.58. The van der Waals surface area contributed by atoms with Crippen LogP contribution >= 0.6 is 0 Å². The molecule has 0 radical (unpaired) electrons. The smallest absolute Gasteiger partial charge is 0.191 e. The van der Waals surface area contributed by atoms with Gasteiger partial charge in [0, 0.05) is 36.8 Å². The number of nitrogens with one attached hydrogen (secondary N) is 2. The summed E-state index contributed by atoms with van der Waals surface area (Å²) < 4.78 is 5.33. The summed E-state index contributed by atoms with van der Waals surface area (Å²) in [4.78, 5) is 7.26. The molecule has 132 valence electrons. The van der Waals surface area contributed by atoms with Crippen molar-refractivity contribution < 1.29 is 4.74 Å². The zero-order chi connectivity index (χ0) is 16.8. The van der Waals surface area contributed by atoms with Gasteiger partial charge in [0.25, 0.3) is 0 Å². The van der Waals surface area contributed by atoms with Crippen LogP contribution in [0.4, 0.5) is 5.69 Å². The van der Waals surface area contributed by atoms with E-state index in [0.29, 0.717) is 6.04 Å². The molecule has 0 aromatic heterocycles.